The molecule has 2 amide bonds. The molecule has 5 rings (SSSR count). The fourth-order valence-electron chi connectivity index (χ4n) is 6.50. The van der Waals surface area contributed by atoms with E-state index in [4.69, 9.17) is 19.0 Å². The first kappa shape index (κ1) is 37.0. The van der Waals surface area contributed by atoms with Crippen LogP contribution in [0.25, 0.3) is 0 Å². The highest BCUT2D eigenvalue weighted by Gasteiger charge is 2.38. The van der Waals surface area contributed by atoms with Crippen molar-refractivity contribution >= 4 is 42.6 Å². The second kappa shape index (κ2) is 15.3. The average molecular weight is 721 g/mol. The molecule has 1 aliphatic heterocycles. The summed E-state index contributed by atoms with van der Waals surface area (Å²) in [6.45, 7) is 4.09. The van der Waals surface area contributed by atoms with Gasteiger partial charge in [0.15, 0.2) is 0 Å². The van der Waals surface area contributed by atoms with Crippen LogP contribution in [0.4, 0.5) is 36.3 Å². The van der Waals surface area contributed by atoms with E-state index in [9.17, 15) is 27.3 Å². The Morgan fingerprint density at radius 1 is 1.06 bits per heavy atom. The van der Waals surface area contributed by atoms with Gasteiger partial charge in [0.25, 0.3) is 5.91 Å². The molecule has 1 saturated carbocycles. The zero-order valence-corrected chi connectivity index (χ0v) is 29.0. The van der Waals surface area contributed by atoms with Gasteiger partial charge in [-0.25, -0.2) is 10.5 Å². The summed E-state index contributed by atoms with van der Waals surface area (Å²) >= 11 is 0. The lowest BCUT2D eigenvalue weighted by molar-refractivity contribution is -0.137. The topological polar surface area (TPSA) is 164 Å². The van der Waals surface area contributed by atoms with E-state index in [1.54, 1.807) is 56.7 Å². The van der Waals surface area contributed by atoms with Gasteiger partial charge in [-0.3, -0.25) is 19.4 Å². The summed E-state index contributed by atoms with van der Waals surface area (Å²) in [4.78, 5) is 34.9. The average Bonchev–Trinajstić information content (AvgIpc) is 3.38. The highest BCUT2D eigenvalue weighted by Crippen LogP contribution is 2.52. The molecule has 0 unspecified atom stereocenters. The number of ether oxygens (including phenoxy) is 1. The third-order valence-electron chi connectivity index (χ3n) is 8.84. The van der Waals surface area contributed by atoms with Crippen LogP contribution in [0, 0.1) is 5.92 Å². The molecule has 4 N–H and O–H groups in total. The molecule has 13 nitrogen and oxygen atoms in total. The molecule has 0 bridgehead atoms. The van der Waals surface area contributed by atoms with Crippen molar-refractivity contribution < 1.29 is 46.3 Å². The van der Waals surface area contributed by atoms with Gasteiger partial charge in [0.2, 0.25) is 11.9 Å². The summed E-state index contributed by atoms with van der Waals surface area (Å²) in [5.74, 6) is -1.51. The van der Waals surface area contributed by atoms with Gasteiger partial charge in [-0.15, -0.1) is 0 Å². The van der Waals surface area contributed by atoms with Crippen molar-refractivity contribution in [1.29, 1.82) is 0 Å². The molecule has 50 heavy (non-hydrogen) atoms. The molecule has 0 atom stereocenters. The van der Waals surface area contributed by atoms with Crippen molar-refractivity contribution in [1.82, 2.24) is 20.3 Å². The Morgan fingerprint density at radius 2 is 1.74 bits per heavy atom. The van der Waals surface area contributed by atoms with Gasteiger partial charge in [-0.1, -0.05) is 12.1 Å². The zero-order valence-electron chi connectivity index (χ0n) is 28.1. The third-order valence-corrected chi connectivity index (χ3v) is 10.9. The van der Waals surface area contributed by atoms with Crippen LogP contribution in [0.1, 0.15) is 78.1 Å². The lowest BCUT2D eigenvalue weighted by Gasteiger charge is -2.29. The monoisotopic (exact) mass is 720 g/mol. The molecular weight excluding hydrogens is 680 g/mol. The first-order chi connectivity index (χ1) is 23.8. The van der Waals surface area contributed by atoms with Gasteiger partial charge in [0.1, 0.15) is 17.1 Å². The Hall–Kier alpha value is -4.24. The molecule has 17 heteroatoms. The van der Waals surface area contributed by atoms with Gasteiger partial charge >= 0.3 is 13.8 Å². The summed E-state index contributed by atoms with van der Waals surface area (Å²) in [5.41, 5.74) is 3.53. The number of hydrogen-bond acceptors (Lipinski definition) is 11. The van der Waals surface area contributed by atoms with Crippen molar-refractivity contribution in [3.8, 4) is 5.75 Å². The van der Waals surface area contributed by atoms with Crippen LogP contribution in [-0.4, -0.2) is 59.3 Å². The zero-order chi connectivity index (χ0) is 36.2. The summed E-state index contributed by atoms with van der Waals surface area (Å²) in [7, 11) is -0.383. The van der Waals surface area contributed by atoms with Crippen LogP contribution in [-0.2, 0) is 37.3 Å². The molecule has 3 aromatic rings. The van der Waals surface area contributed by atoms with E-state index in [1.165, 1.54) is 12.0 Å². The molecule has 2 heterocycles. The molecular formula is C33H40F3N6O7P. The SMILES string of the molecule is CCOP(=O)(Cc1ccc(Nc2ncc(C(F)(F)F)c(Nc3ccc(C4CCC(C(=O)NO)CC4)c4c3C(=O)N(C)C4)n2)c(OC)c1)OCC. The number of benzene rings is 2. The minimum absolute atomic E-state index is 0.0185. The minimum Gasteiger partial charge on any atom is -0.495 e. The number of anilines is 4. The van der Waals surface area contributed by atoms with E-state index in [2.05, 4.69) is 20.6 Å². The normalized spacial score (nSPS) is 17.8. The van der Waals surface area contributed by atoms with Crippen LogP contribution in [0.15, 0.2) is 36.5 Å². The highest BCUT2D eigenvalue weighted by molar-refractivity contribution is 7.53. The van der Waals surface area contributed by atoms with Crippen LogP contribution < -0.4 is 20.9 Å². The largest absolute Gasteiger partial charge is 0.495 e. The molecule has 2 aliphatic rings. The van der Waals surface area contributed by atoms with E-state index in [0.29, 0.717) is 48.7 Å². The first-order valence-corrected chi connectivity index (χ1v) is 17.9. The molecule has 1 fully saturated rings. The summed E-state index contributed by atoms with van der Waals surface area (Å²) in [6.07, 6.45) is -1.78. The van der Waals surface area contributed by atoms with E-state index in [-0.39, 0.29) is 66.6 Å². The number of amides is 2. The van der Waals surface area contributed by atoms with Crippen molar-refractivity contribution in [2.75, 3.05) is 38.0 Å². The Kier molecular flexibility index (Phi) is 11.4. The molecule has 0 spiro atoms. The maximum Gasteiger partial charge on any atom is 0.421 e. The second-order valence-corrected chi connectivity index (χ2v) is 14.1. The number of hydroxylamine groups is 1. The van der Waals surface area contributed by atoms with Crippen LogP contribution in [0.5, 0.6) is 5.75 Å². The maximum atomic E-state index is 14.2. The quantitative estimate of drug-likeness (QED) is 0.0807. The minimum atomic E-state index is -4.82. The number of nitrogens with zero attached hydrogens (tertiary/aromatic N) is 3. The standard InChI is InChI=1S/C33H40F3N6O7P/c1-5-48-50(46,49-6-2)18-19-7-13-25(27(15-19)47-4)39-32-37-16-24(33(34,35)36)29(40-32)38-26-14-12-22(23-17-42(3)31(44)28(23)26)20-8-10-21(11-9-20)30(43)41-45/h7,12-16,20-21,45H,5-6,8-11,17-18H2,1-4H3,(H,41,43)(H2,37,38,39,40). The van der Waals surface area contributed by atoms with Gasteiger partial charge in [0, 0.05) is 25.7 Å². The number of carbonyl (C=O) groups is 2. The van der Waals surface area contributed by atoms with E-state index < -0.39 is 31.1 Å². The summed E-state index contributed by atoms with van der Waals surface area (Å²) in [6, 6.07) is 8.24. The molecule has 1 aliphatic carbocycles. The van der Waals surface area contributed by atoms with Crippen LogP contribution >= 0.6 is 7.60 Å². The predicted octanol–water partition coefficient (Wildman–Crippen LogP) is 7.12. The lowest BCUT2D eigenvalue weighted by Crippen LogP contribution is -2.30. The Morgan fingerprint density at radius 3 is 2.36 bits per heavy atom. The number of rotatable bonds is 13. The lowest BCUT2D eigenvalue weighted by atomic mass is 9.76. The van der Waals surface area contributed by atoms with Crippen molar-refractivity contribution in [3.63, 3.8) is 0 Å². The van der Waals surface area contributed by atoms with Crippen molar-refractivity contribution in [2.24, 2.45) is 5.92 Å². The van der Waals surface area contributed by atoms with Gasteiger partial charge in [0.05, 0.1) is 43.4 Å². The maximum absolute atomic E-state index is 14.2. The van der Waals surface area contributed by atoms with Crippen LogP contribution in [0.3, 0.4) is 0 Å². The molecule has 1 aromatic heterocycles. The van der Waals surface area contributed by atoms with E-state index in [0.717, 1.165) is 5.56 Å². The molecule has 2 aromatic carbocycles. The Balaban J connectivity index is 1.44. The van der Waals surface area contributed by atoms with Gasteiger partial charge in [-0.05, 0) is 80.3 Å². The second-order valence-electron chi connectivity index (χ2n) is 12.1. The van der Waals surface area contributed by atoms with E-state index >= 15 is 0 Å². The van der Waals surface area contributed by atoms with Gasteiger partial charge in [-0.2, -0.15) is 18.2 Å². The van der Waals surface area contributed by atoms with E-state index in [1.807, 2.05) is 0 Å². The molecule has 0 radical (unpaired) electrons. The number of alkyl halides is 3. The number of carbonyl (C=O) groups excluding carboxylic acids is 2. The Labute approximate surface area is 287 Å². The molecule has 270 valence electrons. The summed E-state index contributed by atoms with van der Waals surface area (Å²) in [5, 5.41) is 14.7. The Bertz CT molecular complexity index is 1780. The van der Waals surface area contributed by atoms with Crippen molar-refractivity contribution in [3.05, 3.63) is 64.3 Å². The summed E-state index contributed by atoms with van der Waals surface area (Å²) < 4.78 is 72.0. The number of halogens is 3. The number of aromatic nitrogens is 2. The number of methoxy groups -OCH3 is 1. The predicted molar refractivity (Wildman–Crippen MR) is 178 cm³/mol. The smallest absolute Gasteiger partial charge is 0.421 e. The van der Waals surface area contributed by atoms with Gasteiger partial charge < -0.3 is 29.3 Å². The fourth-order valence-corrected chi connectivity index (χ4v) is 8.19. The highest BCUT2D eigenvalue weighted by atomic mass is 31.2. The number of nitrogens with one attached hydrogen (secondary N) is 3. The van der Waals surface area contributed by atoms with Crippen molar-refractivity contribution in [2.45, 2.75) is 64.3 Å². The third kappa shape index (κ3) is 8.04. The number of fused-ring (bicyclic) bond motifs is 1. The first-order valence-electron chi connectivity index (χ1n) is 16.2. The molecule has 0 saturated heterocycles. The number of hydrogen-bond donors (Lipinski definition) is 4. The fraction of sp³-hybridized carbons (Fsp3) is 0.455. The van der Waals surface area contributed by atoms with Crippen LogP contribution in [0.2, 0.25) is 0 Å².